The summed E-state index contributed by atoms with van der Waals surface area (Å²) in [5, 5.41) is 0. The van der Waals surface area contributed by atoms with Crippen molar-refractivity contribution >= 4 is 49.3 Å². The first-order valence-electron chi connectivity index (χ1n) is 4.93. The minimum atomic E-state index is 0.195. The van der Waals surface area contributed by atoms with Crippen LogP contribution in [0.1, 0.15) is 0 Å². The molecule has 2 rings (SSSR count). The van der Waals surface area contributed by atoms with Gasteiger partial charge >= 0.3 is 0 Å². The molecule has 3 nitrogen and oxygen atoms in total. The highest BCUT2D eigenvalue weighted by atomic mass is 79.9. The lowest BCUT2D eigenvalue weighted by molar-refractivity contribution is 0.0993. The number of morpholine rings is 1. The number of alkyl halides is 1. The molecule has 0 amide bonds. The van der Waals surface area contributed by atoms with E-state index in [1.54, 1.807) is 6.20 Å². The van der Waals surface area contributed by atoms with Crippen LogP contribution >= 0.6 is 43.5 Å². The van der Waals surface area contributed by atoms with Crippen molar-refractivity contribution < 1.29 is 4.74 Å². The lowest BCUT2D eigenvalue weighted by Crippen LogP contribution is -2.47. The van der Waals surface area contributed by atoms with Gasteiger partial charge in [0.2, 0.25) is 0 Å². The fourth-order valence-corrected chi connectivity index (χ4v) is 3.15. The second kappa shape index (κ2) is 5.67. The Bertz CT molecular complexity index is 378. The van der Waals surface area contributed by atoms with Gasteiger partial charge < -0.3 is 9.64 Å². The maximum Gasteiger partial charge on any atom is 0.143 e. The third-order valence-corrected chi connectivity index (χ3v) is 3.84. The molecule has 0 N–H and O–H groups in total. The molecule has 0 aromatic carbocycles. The fourth-order valence-electron chi connectivity index (χ4n) is 1.68. The van der Waals surface area contributed by atoms with Crippen molar-refractivity contribution in [1.82, 2.24) is 4.98 Å². The van der Waals surface area contributed by atoms with Crippen molar-refractivity contribution in [3.05, 3.63) is 21.2 Å². The van der Waals surface area contributed by atoms with E-state index in [1.165, 1.54) is 0 Å². The van der Waals surface area contributed by atoms with Gasteiger partial charge in [-0.1, -0.05) is 0 Å². The number of halogens is 3. The Balaban J connectivity index is 2.27. The van der Waals surface area contributed by atoms with E-state index in [1.807, 2.05) is 6.07 Å². The van der Waals surface area contributed by atoms with Crippen LogP contribution in [0, 0.1) is 0 Å². The fraction of sp³-hybridized carbons (Fsp3) is 0.500. The van der Waals surface area contributed by atoms with Crippen molar-refractivity contribution in [2.24, 2.45) is 0 Å². The third kappa shape index (κ3) is 2.70. The highest BCUT2D eigenvalue weighted by Crippen LogP contribution is 2.29. The molecule has 1 saturated heterocycles. The molecule has 2 heterocycles. The highest BCUT2D eigenvalue weighted by Gasteiger charge is 2.24. The van der Waals surface area contributed by atoms with E-state index in [9.17, 15) is 0 Å². The van der Waals surface area contributed by atoms with Crippen LogP contribution in [-0.4, -0.2) is 36.7 Å². The summed E-state index contributed by atoms with van der Waals surface area (Å²) in [6.07, 6.45) is 1.79. The van der Waals surface area contributed by atoms with Crippen LogP contribution in [0.15, 0.2) is 21.2 Å². The zero-order valence-electron chi connectivity index (χ0n) is 8.50. The molecule has 1 aliphatic rings. The normalized spacial score (nSPS) is 21.2. The van der Waals surface area contributed by atoms with Crippen LogP contribution < -0.4 is 4.90 Å². The van der Waals surface area contributed by atoms with Crippen LogP contribution in [0.3, 0.4) is 0 Å². The van der Waals surface area contributed by atoms with Crippen molar-refractivity contribution in [3.8, 4) is 0 Å². The molecule has 0 bridgehead atoms. The van der Waals surface area contributed by atoms with E-state index in [-0.39, 0.29) is 6.04 Å². The van der Waals surface area contributed by atoms with E-state index < -0.39 is 0 Å². The quantitative estimate of drug-likeness (QED) is 0.749. The molecule has 0 radical (unpaired) electrons. The number of anilines is 1. The van der Waals surface area contributed by atoms with Crippen molar-refractivity contribution in [2.45, 2.75) is 6.04 Å². The molecular formula is C10H11Br2ClN2O. The van der Waals surface area contributed by atoms with Crippen LogP contribution in [0.5, 0.6) is 0 Å². The van der Waals surface area contributed by atoms with Gasteiger partial charge in [-0.25, -0.2) is 4.98 Å². The summed E-state index contributed by atoms with van der Waals surface area (Å²) >= 11 is 12.8. The summed E-state index contributed by atoms with van der Waals surface area (Å²) in [5.74, 6) is 1.47. The maximum absolute atomic E-state index is 5.93. The van der Waals surface area contributed by atoms with Crippen LogP contribution in [0.4, 0.5) is 5.82 Å². The van der Waals surface area contributed by atoms with Crippen molar-refractivity contribution in [3.63, 3.8) is 0 Å². The number of rotatable bonds is 2. The molecule has 16 heavy (non-hydrogen) atoms. The predicted octanol–water partition coefficient (Wildman–Crippen LogP) is 3.05. The number of ether oxygens (including phenoxy) is 1. The molecule has 1 fully saturated rings. The first-order chi connectivity index (χ1) is 7.72. The SMILES string of the molecule is ClCC1COCCN1c1ncc(Br)cc1Br. The molecular weight excluding hydrogens is 359 g/mol. The summed E-state index contributed by atoms with van der Waals surface area (Å²) in [7, 11) is 0. The van der Waals surface area contributed by atoms with Crippen molar-refractivity contribution in [2.75, 3.05) is 30.5 Å². The van der Waals surface area contributed by atoms with Crippen molar-refractivity contribution in [1.29, 1.82) is 0 Å². The van der Waals surface area contributed by atoms with E-state index in [4.69, 9.17) is 16.3 Å². The smallest absolute Gasteiger partial charge is 0.143 e. The highest BCUT2D eigenvalue weighted by molar-refractivity contribution is 9.11. The summed E-state index contributed by atoms with van der Waals surface area (Å²) in [6, 6.07) is 2.18. The first kappa shape index (κ1) is 12.6. The van der Waals surface area contributed by atoms with Gasteiger partial charge in [-0.05, 0) is 37.9 Å². The van der Waals surface area contributed by atoms with Crippen LogP contribution in [-0.2, 0) is 4.74 Å². The number of aromatic nitrogens is 1. The third-order valence-electron chi connectivity index (χ3n) is 2.47. The minimum Gasteiger partial charge on any atom is -0.377 e. The number of nitrogens with zero attached hydrogens (tertiary/aromatic N) is 2. The summed E-state index contributed by atoms with van der Waals surface area (Å²) < 4.78 is 7.34. The molecule has 0 aliphatic carbocycles. The Kier molecular flexibility index (Phi) is 4.47. The second-order valence-electron chi connectivity index (χ2n) is 3.54. The van der Waals surface area contributed by atoms with Gasteiger partial charge in [0.05, 0.1) is 23.7 Å². The zero-order chi connectivity index (χ0) is 11.5. The van der Waals surface area contributed by atoms with Gasteiger partial charge in [0.1, 0.15) is 5.82 Å². The zero-order valence-corrected chi connectivity index (χ0v) is 12.4. The van der Waals surface area contributed by atoms with E-state index in [0.29, 0.717) is 12.5 Å². The Morgan fingerprint density at radius 1 is 1.56 bits per heavy atom. The molecule has 6 heteroatoms. The minimum absolute atomic E-state index is 0.195. The Hall–Kier alpha value is 0.160. The van der Waals surface area contributed by atoms with Gasteiger partial charge in [-0.15, -0.1) is 11.6 Å². The number of hydrogen-bond donors (Lipinski definition) is 0. The number of hydrogen-bond acceptors (Lipinski definition) is 3. The van der Waals surface area contributed by atoms with Gasteiger partial charge in [0.15, 0.2) is 0 Å². The average Bonchev–Trinajstić information content (AvgIpc) is 2.29. The summed E-state index contributed by atoms with van der Waals surface area (Å²) in [6.45, 7) is 2.20. The molecule has 1 aromatic heterocycles. The van der Waals surface area contributed by atoms with Gasteiger partial charge in [-0.2, -0.15) is 0 Å². The van der Waals surface area contributed by atoms with Crippen LogP contribution in [0.25, 0.3) is 0 Å². The molecule has 0 saturated carbocycles. The predicted molar refractivity (Wildman–Crippen MR) is 72.3 cm³/mol. The molecule has 88 valence electrons. The topological polar surface area (TPSA) is 25.4 Å². The molecule has 1 aliphatic heterocycles. The Labute approximate surface area is 116 Å². The van der Waals surface area contributed by atoms with E-state index in [2.05, 4.69) is 41.7 Å². The average molecular weight is 370 g/mol. The monoisotopic (exact) mass is 368 g/mol. The maximum atomic E-state index is 5.93. The largest absolute Gasteiger partial charge is 0.377 e. The Morgan fingerprint density at radius 2 is 2.38 bits per heavy atom. The van der Waals surface area contributed by atoms with Gasteiger partial charge in [-0.3, -0.25) is 0 Å². The lowest BCUT2D eigenvalue weighted by Gasteiger charge is -2.35. The second-order valence-corrected chi connectivity index (χ2v) is 5.61. The Morgan fingerprint density at radius 3 is 3.06 bits per heavy atom. The first-order valence-corrected chi connectivity index (χ1v) is 7.06. The van der Waals surface area contributed by atoms with Gasteiger partial charge in [0, 0.05) is 23.1 Å². The molecule has 1 atom stereocenters. The summed E-state index contributed by atoms with van der Waals surface area (Å²) in [5.41, 5.74) is 0. The van der Waals surface area contributed by atoms with E-state index >= 15 is 0 Å². The van der Waals surface area contributed by atoms with Crippen LogP contribution in [0.2, 0.25) is 0 Å². The van der Waals surface area contributed by atoms with E-state index in [0.717, 1.165) is 27.9 Å². The summed E-state index contributed by atoms with van der Waals surface area (Å²) in [4.78, 5) is 6.61. The standard InChI is InChI=1S/C10H11Br2ClN2O/c11-7-3-9(12)10(14-5-7)15-1-2-16-6-8(15)4-13/h3,5,8H,1-2,4,6H2. The van der Waals surface area contributed by atoms with Gasteiger partial charge in [0.25, 0.3) is 0 Å². The molecule has 1 unspecified atom stereocenters. The molecule has 0 spiro atoms. The molecule has 1 aromatic rings. The lowest BCUT2D eigenvalue weighted by atomic mass is 10.2. The number of pyridine rings is 1.